The molecule has 0 atom stereocenters. The zero-order chi connectivity index (χ0) is 25.8. The quantitative estimate of drug-likeness (QED) is 0.254. The first-order valence-corrected chi connectivity index (χ1v) is 11.3. The zero-order valence-corrected chi connectivity index (χ0v) is 19.8. The molecular formula is C28H27NO7. The Balaban J connectivity index is 0.000000538. The number of para-hydroxylation sites is 2. The smallest absolute Gasteiger partial charge is 0.414 e. The van der Waals surface area contributed by atoms with Crippen LogP contribution in [0, 0.1) is 6.92 Å². The van der Waals surface area contributed by atoms with Crippen LogP contribution in [0.3, 0.4) is 0 Å². The summed E-state index contributed by atoms with van der Waals surface area (Å²) in [5.41, 5.74) is 4.09. The van der Waals surface area contributed by atoms with E-state index < -0.39 is 11.9 Å². The first-order chi connectivity index (χ1) is 17.5. The number of pyridine rings is 1. The van der Waals surface area contributed by atoms with Gasteiger partial charge in [0.25, 0.3) is 0 Å². The van der Waals surface area contributed by atoms with Gasteiger partial charge < -0.3 is 24.4 Å². The first kappa shape index (κ1) is 26.2. The predicted octanol–water partition coefficient (Wildman–Crippen LogP) is 4.84. The molecule has 0 aliphatic heterocycles. The minimum absolute atomic E-state index is 0.468. The normalized spacial score (nSPS) is 10.2. The van der Waals surface area contributed by atoms with E-state index in [9.17, 15) is 0 Å². The fraction of sp³-hybridized carbons (Fsp3) is 0.179. The van der Waals surface area contributed by atoms with Crippen molar-refractivity contribution < 1.29 is 34.0 Å². The number of fused-ring (bicyclic) bond motifs is 1. The summed E-state index contributed by atoms with van der Waals surface area (Å²) >= 11 is 0. The molecule has 0 saturated carbocycles. The van der Waals surface area contributed by atoms with E-state index in [1.54, 1.807) is 0 Å². The molecule has 0 fully saturated rings. The van der Waals surface area contributed by atoms with Crippen molar-refractivity contribution in [3.8, 4) is 22.6 Å². The first-order valence-electron chi connectivity index (χ1n) is 11.3. The molecule has 0 bridgehead atoms. The maximum Gasteiger partial charge on any atom is 0.414 e. The van der Waals surface area contributed by atoms with Gasteiger partial charge >= 0.3 is 11.9 Å². The van der Waals surface area contributed by atoms with Gasteiger partial charge in [-0.25, -0.2) is 14.6 Å². The summed E-state index contributed by atoms with van der Waals surface area (Å²) in [6, 6.07) is 28.3. The van der Waals surface area contributed by atoms with E-state index in [-0.39, 0.29) is 0 Å². The lowest BCUT2D eigenvalue weighted by Gasteiger charge is -2.12. The van der Waals surface area contributed by atoms with E-state index in [4.69, 9.17) is 34.0 Å². The summed E-state index contributed by atoms with van der Waals surface area (Å²) in [6.45, 7) is 3.93. The third kappa shape index (κ3) is 7.82. The molecule has 1 heterocycles. The highest BCUT2D eigenvalue weighted by atomic mass is 16.5. The average Bonchev–Trinajstić information content (AvgIpc) is 2.89. The van der Waals surface area contributed by atoms with Crippen LogP contribution in [0.2, 0.25) is 0 Å². The monoisotopic (exact) mass is 489 g/mol. The Kier molecular flexibility index (Phi) is 9.79. The number of hydrogen-bond acceptors (Lipinski definition) is 6. The predicted molar refractivity (Wildman–Crippen MR) is 135 cm³/mol. The molecule has 2 N–H and O–H groups in total. The Morgan fingerprint density at radius 1 is 0.694 bits per heavy atom. The Morgan fingerprint density at radius 3 is 2.00 bits per heavy atom. The molecule has 36 heavy (non-hydrogen) atoms. The largest absolute Gasteiger partial charge is 0.491 e. The van der Waals surface area contributed by atoms with Crippen LogP contribution in [0.1, 0.15) is 5.69 Å². The topological polar surface area (TPSA) is 115 Å². The number of benzene rings is 3. The minimum atomic E-state index is -1.82. The Hall–Kier alpha value is -4.43. The van der Waals surface area contributed by atoms with Crippen LogP contribution < -0.4 is 9.47 Å². The lowest BCUT2D eigenvalue weighted by molar-refractivity contribution is -0.159. The second kappa shape index (κ2) is 13.5. The van der Waals surface area contributed by atoms with E-state index in [1.807, 2.05) is 67.6 Å². The van der Waals surface area contributed by atoms with E-state index >= 15 is 0 Å². The summed E-state index contributed by atoms with van der Waals surface area (Å²) in [5, 5.41) is 15.9. The van der Waals surface area contributed by atoms with Gasteiger partial charge in [0.1, 0.15) is 30.2 Å². The van der Waals surface area contributed by atoms with Crippen molar-refractivity contribution >= 4 is 22.8 Å². The molecule has 186 valence electrons. The van der Waals surface area contributed by atoms with Crippen LogP contribution >= 0.6 is 0 Å². The van der Waals surface area contributed by atoms with Gasteiger partial charge in [0.2, 0.25) is 0 Å². The third-order valence-electron chi connectivity index (χ3n) is 4.95. The van der Waals surface area contributed by atoms with Gasteiger partial charge in [0.05, 0.1) is 13.2 Å². The second-order valence-electron chi connectivity index (χ2n) is 7.56. The summed E-state index contributed by atoms with van der Waals surface area (Å²) in [6.07, 6.45) is 0. The van der Waals surface area contributed by atoms with E-state index in [2.05, 4.69) is 29.2 Å². The number of aryl methyl sites for hydroxylation is 1. The number of carbonyl (C=O) groups is 2. The minimum Gasteiger partial charge on any atom is -0.491 e. The van der Waals surface area contributed by atoms with Crippen molar-refractivity contribution in [2.75, 3.05) is 26.4 Å². The van der Waals surface area contributed by atoms with E-state index in [0.717, 1.165) is 39.2 Å². The molecule has 0 aliphatic carbocycles. The number of carboxylic acids is 2. The third-order valence-corrected chi connectivity index (χ3v) is 4.95. The number of rotatable bonds is 9. The van der Waals surface area contributed by atoms with E-state index in [1.165, 1.54) is 0 Å². The van der Waals surface area contributed by atoms with Crippen LogP contribution in [-0.2, 0) is 14.3 Å². The molecule has 0 unspecified atom stereocenters. The van der Waals surface area contributed by atoms with Gasteiger partial charge in [-0.1, -0.05) is 66.7 Å². The van der Waals surface area contributed by atoms with Gasteiger partial charge in [-0.05, 0) is 30.7 Å². The van der Waals surface area contributed by atoms with Crippen molar-refractivity contribution in [3.05, 3.63) is 90.6 Å². The average molecular weight is 490 g/mol. The van der Waals surface area contributed by atoms with Gasteiger partial charge in [-0.2, -0.15) is 0 Å². The fourth-order valence-corrected chi connectivity index (χ4v) is 3.31. The maximum atomic E-state index is 9.10. The molecule has 0 amide bonds. The van der Waals surface area contributed by atoms with Crippen molar-refractivity contribution in [1.29, 1.82) is 0 Å². The van der Waals surface area contributed by atoms with Crippen molar-refractivity contribution in [2.45, 2.75) is 6.92 Å². The molecule has 0 spiro atoms. The highest BCUT2D eigenvalue weighted by Crippen LogP contribution is 2.29. The highest BCUT2D eigenvalue weighted by Gasteiger charge is 2.06. The standard InChI is InChI=1S/C26H25NO3.C2H2O4/c1-20-14-15-22-10-7-13-25(26(22)27-20)30-19-17-28-16-18-29-24-12-6-5-11-23(24)21-8-3-2-4-9-21;3-1(4)2(5)6/h2-15H,16-19H2,1H3;(H,3,4)(H,5,6). The summed E-state index contributed by atoms with van der Waals surface area (Å²) in [4.78, 5) is 22.8. The molecule has 8 nitrogen and oxygen atoms in total. The van der Waals surface area contributed by atoms with Gasteiger partial charge in [-0.15, -0.1) is 0 Å². The van der Waals surface area contributed by atoms with Gasteiger partial charge in [0, 0.05) is 16.6 Å². The molecule has 0 radical (unpaired) electrons. The molecule has 1 aromatic heterocycles. The lowest BCUT2D eigenvalue weighted by Crippen LogP contribution is -2.12. The van der Waals surface area contributed by atoms with Crippen molar-refractivity contribution in [2.24, 2.45) is 0 Å². The van der Waals surface area contributed by atoms with Crippen LogP contribution in [0.25, 0.3) is 22.0 Å². The van der Waals surface area contributed by atoms with Crippen molar-refractivity contribution in [3.63, 3.8) is 0 Å². The number of ether oxygens (including phenoxy) is 3. The Morgan fingerprint density at radius 2 is 1.31 bits per heavy atom. The fourth-order valence-electron chi connectivity index (χ4n) is 3.31. The number of aromatic nitrogens is 1. The van der Waals surface area contributed by atoms with Crippen LogP contribution in [0.15, 0.2) is 84.9 Å². The number of aliphatic carboxylic acids is 2. The number of hydrogen-bond donors (Lipinski definition) is 2. The Bertz CT molecular complexity index is 1280. The van der Waals surface area contributed by atoms with Crippen LogP contribution in [-0.4, -0.2) is 53.6 Å². The molecular weight excluding hydrogens is 462 g/mol. The highest BCUT2D eigenvalue weighted by molar-refractivity contribution is 6.27. The molecule has 4 aromatic rings. The molecule has 0 saturated heterocycles. The zero-order valence-electron chi connectivity index (χ0n) is 19.8. The van der Waals surface area contributed by atoms with Gasteiger partial charge in [-0.3, -0.25) is 0 Å². The molecule has 8 heteroatoms. The SMILES string of the molecule is Cc1ccc2cccc(OCCOCCOc3ccccc3-c3ccccc3)c2n1.O=C(O)C(=O)O. The lowest BCUT2D eigenvalue weighted by atomic mass is 10.1. The van der Waals surface area contributed by atoms with Crippen LogP contribution in [0.5, 0.6) is 11.5 Å². The molecule has 0 aliphatic rings. The van der Waals surface area contributed by atoms with Crippen LogP contribution in [0.4, 0.5) is 0 Å². The molecule has 3 aromatic carbocycles. The maximum absolute atomic E-state index is 9.10. The number of nitrogens with zero attached hydrogens (tertiary/aromatic N) is 1. The number of carboxylic acid groups (broad SMARTS) is 2. The van der Waals surface area contributed by atoms with E-state index in [0.29, 0.717) is 26.4 Å². The Labute approximate surface area is 208 Å². The van der Waals surface area contributed by atoms with Gasteiger partial charge in [0.15, 0.2) is 0 Å². The summed E-state index contributed by atoms with van der Waals surface area (Å²) < 4.78 is 17.5. The summed E-state index contributed by atoms with van der Waals surface area (Å²) in [5.74, 6) is -2.00. The molecule has 4 rings (SSSR count). The second-order valence-corrected chi connectivity index (χ2v) is 7.56. The van der Waals surface area contributed by atoms with Crippen molar-refractivity contribution in [1.82, 2.24) is 4.98 Å². The summed E-state index contributed by atoms with van der Waals surface area (Å²) in [7, 11) is 0.